The monoisotopic (exact) mass is 278 g/mol. The number of hydrogen-bond donors (Lipinski definition) is 2. The molecule has 0 atom stereocenters. The maximum atomic E-state index is 5.77. The summed E-state index contributed by atoms with van der Waals surface area (Å²) >= 11 is 0. The van der Waals surface area contributed by atoms with E-state index >= 15 is 0 Å². The number of rotatable bonds is 7. The van der Waals surface area contributed by atoms with Crippen molar-refractivity contribution in [1.29, 1.82) is 0 Å². The van der Waals surface area contributed by atoms with Crippen molar-refractivity contribution in [3.05, 3.63) is 0 Å². The standard InChI is InChI=1S/C14H26N6/c1-11(2)7-3-4-8-16-13-17-12(15)18-14(19-13)20-9-5-6-10-20/h11H,3-10H2,1-2H3,(H3,15,16,17,18,19). The van der Waals surface area contributed by atoms with Crippen molar-refractivity contribution >= 4 is 17.8 Å². The van der Waals surface area contributed by atoms with Crippen LogP contribution in [0.3, 0.4) is 0 Å². The van der Waals surface area contributed by atoms with Gasteiger partial charge in [-0.1, -0.05) is 26.7 Å². The summed E-state index contributed by atoms with van der Waals surface area (Å²) in [6.45, 7) is 7.41. The third kappa shape index (κ3) is 4.51. The quantitative estimate of drug-likeness (QED) is 0.745. The molecule has 2 heterocycles. The predicted octanol–water partition coefficient (Wildman–Crippen LogP) is 2.29. The Bertz CT molecular complexity index is 414. The Morgan fingerprint density at radius 3 is 2.60 bits per heavy atom. The van der Waals surface area contributed by atoms with Crippen molar-refractivity contribution in [2.45, 2.75) is 46.0 Å². The van der Waals surface area contributed by atoms with E-state index in [1.807, 2.05) is 0 Å². The van der Waals surface area contributed by atoms with Gasteiger partial charge in [-0.3, -0.25) is 0 Å². The summed E-state index contributed by atoms with van der Waals surface area (Å²) in [7, 11) is 0. The Kier molecular flexibility index (Phi) is 5.38. The van der Waals surface area contributed by atoms with E-state index in [9.17, 15) is 0 Å². The Balaban J connectivity index is 1.84. The zero-order valence-electron chi connectivity index (χ0n) is 12.6. The Hall–Kier alpha value is -1.59. The van der Waals surface area contributed by atoms with Gasteiger partial charge in [0, 0.05) is 19.6 Å². The van der Waals surface area contributed by atoms with Gasteiger partial charge in [-0.25, -0.2) is 0 Å². The average Bonchev–Trinajstić information content (AvgIpc) is 2.91. The lowest BCUT2D eigenvalue weighted by Gasteiger charge is -2.16. The normalized spacial score (nSPS) is 15.1. The maximum absolute atomic E-state index is 5.77. The molecule has 1 saturated heterocycles. The smallest absolute Gasteiger partial charge is 0.231 e. The molecule has 1 aliphatic heterocycles. The van der Waals surface area contributed by atoms with Crippen molar-refractivity contribution < 1.29 is 0 Å². The molecule has 0 spiro atoms. The zero-order valence-corrected chi connectivity index (χ0v) is 12.6. The number of nitrogens with two attached hydrogens (primary N) is 1. The molecule has 0 unspecified atom stereocenters. The van der Waals surface area contributed by atoms with Gasteiger partial charge in [0.15, 0.2) is 0 Å². The Morgan fingerprint density at radius 1 is 1.15 bits per heavy atom. The minimum atomic E-state index is 0.298. The molecule has 2 rings (SSSR count). The first kappa shape index (κ1) is 14.8. The lowest BCUT2D eigenvalue weighted by atomic mass is 10.1. The zero-order chi connectivity index (χ0) is 14.4. The number of aromatic nitrogens is 3. The summed E-state index contributed by atoms with van der Waals surface area (Å²) in [5.74, 6) is 2.37. The lowest BCUT2D eigenvalue weighted by molar-refractivity contribution is 0.544. The molecule has 112 valence electrons. The van der Waals surface area contributed by atoms with Crippen LogP contribution in [0.4, 0.5) is 17.8 Å². The highest BCUT2D eigenvalue weighted by molar-refractivity contribution is 5.42. The number of anilines is 3. The summed E-state index contributed by atoms with van der Waals surface area (Å²) in [4.78, 5) is 15.0. The molecular weight excluding hydrogens is 252 g/mol. The molecule has 0 amide bonds. The summed E-state index contributed by atoms with van der Waals surface area (Å²) in [5, 5.41) is 3.25. The van der Waals surface area contributed by atoms with Gasteiger partial charge in [-0.05, 0) is 25.2 Å². The molecule has 1 aromatic heterocycles. The minimum absolute atomic E-state index is 0.298. The van der Waals surface area contributed by atoms with E-state index in [0.717, 1.165) is 32.0 Å². The average molecular weight is 278 g/mol. The van der Waals surface area contributed by atoms with Crippen molar-refractivity contribution in [1.82, 2.24) is 15.0 Å². The van der Waals surface area contributed by atoms with E-state index in [1.54, 1.807) is 0 Å². The number of unbranched alkanes of at least 4 members (excludes halogenated alkanes) is 1. The summed E-state index contributed by atoms with van der Waals surface area (Å²) < 4.78 is 0. The molecule has 0 bridgehead atoms. The molecule has 0 aromatic carbocycles. The Morgan fingerprint density at radius 2 is 1.90 bits per heavy atom. The van der Waals surface area contributed by atoms with Crippen LogP contribution in [-0.4, -0.2) is 34.6 Å². The minimum Gasteiger partial charge on any atom is -0.368 e. The van der Waals surface area contributed by atoms with E-state index < -0.39 is 0 Å². The molecular formula is C14H26N6. The second-order valence-electron chi connectivity index (χ2n) is 5.83. The molecule has 6 heteroatoms. The number of hydrogen-bond acceptors (Lipinski definition) is 6. The van der Waals surface area contributed by atoms with Gasteiger partial charge in [-0.2, -0.15) is 15.0 Å². The third-order valence-corrected chi connectivity index (χ3v) is 3.52. The molecule has 0 saturated carbocycles. The van der Waals surface area contributed by atoms with Gasteiger partial charge in [-0.15, -0.1) is 0 Å². The first-order valence-corrected chi connectivity index (χ1v) is 7.65. The maximum Gasteiger partial charge on any atom is 0.231 e. The molecule has 0 radical (unpaired) electrons. The number of nitrogen functional groups attached to an aromatic ring is 1. The van der Waals surface area contributed by atoms with E-state index in [2.05, 4.69) is 39.0 Å². The number of nitrogens with zero attached hydrogens (tertiary/aromatic N) is 4. The van der Waals surface area contributed by atoms with E-state index in [-0.39, 0.29) is 0 Å². The second-order valence-corrected chi connectivity index (χ2v) is 5.83. The SMILES string of the molecule is CC(C)CCCCNc1nc(N)nc(N2CCCC2)n1. The predicted molar refractivity (Wildman–Crippen MR) is 82.9 cm³/mol. The summed E-state index contributed by atoms with van der Waals surface area (Å²) in [5.41, 5.74) is 5.77. The highest BCUT2D eigenvalue weighted by atomic mass is 15.3. The van der Waals surface area contributed by atoms with Crippen LogP contribution >= 0.6 is 0 Å². The Labute approximate surface area is 121 Å². The van der Waals surface area contributed by atoms with Crippen molar-refractivity contribution in [3.63, 3.8) is 0 Å². The van der Waals surface area contributed by atoms with Crippen LogP contribution in [0.25, 0.3) is 0 Å². The van der Waals surface area contributed by atoms with Gasteiger partial charge in [0.1, 0.15) is 0 Å². The van der Waals surface area contributed by atoms with Crippen LogP contribution in [-0.2, 0) is 0 Å². The van der Waals surface area contributed by atoms with Crippen LogP contribution in [0, 0.1) is 5.92 Å². The number of nitrogens with one attached hydrogen (secondary N) is 1. The van der Waals surface area contributed by atoms with Crippen LogP contribution < -0.4 is 16.0 Å². The molecule has 1 aliphatic rings. The van der Waals surface area contributed by atoms with Crippen LogP contribution in [0.5, 0.6) is 0 Å². The van der Waals surface area contributed by atoms with Crippen LogP contribution in [0.1, 0.15) is 46.0 Å². The van der Waals surface area contributed by atoms with E-state index in [1.165, 1.54) is 25.7 Å². The second kappa shape index (κ2) is 7.26. The van der Waals surface area contributed by atoms with Gasteiger partial charge in [0.2, 0.25) is 17.8 Å². The van der Waals surface area contributed by atoms with Crippen molar-refractivity contribution in [2.24, 2.45) is 5.92 Å². The first-order valence-electron chi connectivity index (χ1n) is 7.65. The van der Waals surface area contributed by atoms with Gasteiger partial charge >= 0.3 is 0 Å². The van der Waals surface area contributed by atoms with Crippen LogP contribution in [0.15, 0.2) is 0 Å². The van der Waals surface area contributed by atoms with Gasteiger partial charge in [0.05, 0.1) is 0 Å². The van der Waals surface area contributed by atoms with Crippen molar-refractivity contribution in [3.8, 4) is 0 Å². The fourth-order valence-corrected chi connectivity index (χ4v) is 2.40. The van der Waals surface area contributed by atoms with Crippen LogP contribution in [0.2, 0.25) is 0 Å². The third-order valence-electron chi connectivity index (χ3n) is 3.52. The largest absolute Gasteiger partial charge is 0.368 e. The topological polar surface area (TPSA) is 80.0 Å². The van der Waals surface area contributed by atoms with Crippen molar-refractivity contribution in [2.75, 3.05) is 35.6 Å². The summed E-state index contributed by atoms with van der Waals surface area (Å²) in [6, 6.07) is 0. The van der Waals surface area contributed by atoms with Gasteiger partial charge < -0.3 is 16.0 Å². The molecule has 0 aliphatic carbocycles. The lowest BCUT2D eigenvalue weighted by Crippen LogP contribution is -2.22. The molecule has 20 heavy (non-hydrogen) atoms. The molecule has 1 fully saturated rings. The van der Waals surface area contributed by atoms with E-state index in [4.69, 9.17) is 5.73 Å². The molecule has 6 nitrogen and oxygen atoms in total. The summed E-state index contributed by atoms with van der Waals surface area (Å²) in [6.07, 6.45) is 6.01. The fourth-order valence-electron chi connectivity index (χ4n) is 2.40. The first-order chi connectivity index (χ1) is 9.65. The van der Waals surface area contributed by atoms with Gasteiger partial charge in [0.25, 0.3) is 0 Å². The fraction of sp³-hybridized carbons (Fsp3) is 0.786. The highest BCUT2D eigenvalue weighted by Crippen LogP contribution is 2.17. The highest BCUT2D eigenvalue weighted by Gasteiger charge is 2.16. The van der Waals surface area contributed by atoms with E-state index in [0.29, 0.717) is 17.8 Å². The molecule has 3 N–H and O–H groups in total. The molecule has 1 aromatic rings.